The number of rotatable bonds is 3. The van der Waals surface area contributed by atoms with E-state index in [1.54, 1.807) is 12.1 Å². The van der Waals surface area contributed by atoms with Crippen molar-refractivity contribution in [3.8, 4) is 0 Å². The largest absolute Gasteiger partial charge is 0.308 e. The molecule has 122 valence electrons. The highest BCUT2D eigenvalue weighted by atomic mass is 31.2. The quantitative estimate of drug-likeness (QED) is 0.412. The van der Waals surface area contributed by atoms with Gasteiger partial charge in [0.2, 0.25) is 0 Å². The molecule has 7 heteroatoms. The molecule has 0 saturated carbocycles. The van der Waals surface area contributed by atoms with Crippen molar-refractivity contribution in [1.29, 1.82) is 0 Å². The number of benzene rings is 2. The van der Waals surface area contributed by atoms with Crippen molar-refractivity contribution in [2.75, 3.05) is 0 Å². The van der Waals surface area contributed by atoms with Crippen LogP contribution in [0.5, 0.6) is 0 Å². The third-order valence-corrected chi connectivity index (χ3v) is 6.60. The molecule has 0 saturated heterocycles. The van der Waals surface area contributed by atoms with Gasteiger partial charge in [0, 0.05) is 10.6 Å². The molecule has 0 atom stereocenters. The van der Waals surface area contributed by atoms with Crippen molar-refractivity contribution in [3.63, 3.8) is 0 Å². The maximum absolute atomic E-state index is 14.3. The fourth-order valence-electron chi connectivity index (χ4n) is 2.44. The summed E-state index contributed by atoms with van der Waals surface area (Å²) in [7, 11) is -4.18. The van der Waals surface area contributed by atoms with E-state index in [2.05, 4.69) is 4.98 Å². The summed E-state index contributed by atoms with van der Waals surface area (Å²) in [4.78, 5) is 2.53. The van der Waals surface area contributed by atoms with Crippen LogP contribution in [0, 0.1) is 23.5 Å². The molecule has 0 spiro atoms. The van der Waals surface area contributed by atoms with Gasteiger partial charge in [0.25, 0.3) is 11.9 Å². The first-order valence-corrected chi connectivity index (χ1v) is 8.58. The van der Waals surface area contributed by atoms with Gasteiger partial charge in [-0.2, -0.15) is 13.8 Å². The number of aromatic nitrogens is 1. The van der Waals surface area contributed by atoms with Crippen LogP contribution in [0.4, 0.5) is 17.6 Å². The lowest BCUT2D eigenvalue weighted by molar-refractivity contribution is 0.414. The van der Waals surface area contributed by atoms with E-state index >= 15 is 0 Å². The second-order valence-corrected chi connectivity index (χ2v) is 7.65. The molecule has 0 aliphatic carbocycles. The van der Waals surface area contributed by atoms with E-state index in [1.165, 1.54) is 48.5 Å². The molecule has 2 aromatic carbocycles. The average molecular weight is 351 g/mol. The van der Waals surface area contributed by atoms with Crippen molar-refractivity contribution in [3.05, 3.63) is 84.2 Å². The normalized spacial score (nSPS) is 11.5. The molecule has 2 nitrogen and oxygen atoms in total. The minimum absolute atomic E-state index is 0.0546. The third kappa shape index (κ3) is 2.53. The molecule has 0 aliphatic rings. The number of halogens is 4. The van der Waals surface area contributed by atoms with Gasteiger partial charge in [-0.3, -0.25) is 0 Å². The molecular weight excluding hydrogens is 341 g/mol. The van der Waals surface area contributed by atoms with Gasteiger partial charge < -0.3 is 4.57 Å². The molecule has 0 bridgehead atoms. The minimum atomic E-state index is -4.18. The van der Waals surface area contributed by atoms with Gasteiger partial charge in [0.15, 0.2) is 18.8 Å². The first kappa shape index (κ1) is 16.4. The van der Waals surface area contributed by atoms with Gasteiger partial charge in [-0.1, -0.05) is 60.7 Å². The Labute approximate surface area is 135 Å². The molecular formula is C17H10F4NOP. The van der Waals surface area contributed by atoms with Crippen LogP contribution in [0.2, 0.25) is 0 Å². The molecule has 3 rings (SSSR count). The van der Waals surface area contributed by atoms with E-state index in [0.29, 0.717) is 0 Å². The fourth-order valence-corrected chi connectivity index (χ4v) is 5.17. The SMILES string of the molecule is O=P(c1ccccc1)(c1ccccc1)c1c(F)c(F)nc(F)c1F. The van der Waals surface area contributed by atoms with Gasteiger partial charge in [0.05, 0.1) is 0 Å². The number of nitrogens with zero attached hydrogens (tertiary/aromatic N) is 1. The van der Waals surface area contributed by atoms with Crippen LogP contribution >= 0.6 is 7.14 Å². The zero-order valence-corrected chi connectivity index (χ0v) is 13.0. The second-order valence-electron chi connectivity index (χ2n) is 4.95. The highest BCUT2D eigenvalue weighted by Crippen LogP contribution is 2.44. The lowest BCUT2D eigenvalue weighted by atomic mass is 10.4. The standard InChI is InChI=1S/C17H10F4NOP/c18-13-15(14(19)17(21)22-16(13)20)24(23,11-7-3-1-4-8-11)12-9-5-2-6-10-12/h1-10H. The lowest BCUT2D eigenvalue weighted by Gasteiger charge is -2.21. The molecule has 0 N–H and O–H groups in total. The summed E-state index contributed by atoms with van der Waals surface area (Å²) in [6.45, 7) is 0. The van der Waals surface area contributed by atoms with E-state index in [1.807, 2.05) is 0 Å². The van der Waals surface area contributed by atoms with Gasteiger partial charge in [-0.25, -0.2) is 8.78 Å². The summed E-state index contributed by atoms with van der Waals surface area (Å²) in [5.74, 6) is -7.19. The maximum Gasteiger partial charge on any atom is 0.252 e. The Balaban J connectivity index is 2.44. The topological polar surface area (TPSA) is 30.0 Å². The molecule has 1 aromatic heterocycles. The Kier molecular flexibility index (Phi) is 4.24. The molecule has 24 heavy (non-hydrogen) atoms. The maximum atomic E-state index is 14.3. The predicted molar refractivity (Wildman–Crippen MR) is 83.5 cm³/mol. The number of pyridine rings is 1. The fraction of sp³-hybridized carbons (Fsp3) is 0. The van der Waals surface area contributed by atoms with Crippen LogP contribution in [0.1, 0.15) is 0 Å². The van der Waals surface area contributed by atoms with Crippen LogP contribution in [0.3, 0.4) is 0 Å². The first-order chi connectivity index (χ1) is 11.5. The Hall–Kier alpha value is -2.46. The van der Waals surface area contributed by atoms with Gasteiger partial charge in [-0.15, -0.1) is 0 Å². The first-order valence-electron chi connectivity index (χ1n) is 6.88. The zero-order chi connectivity index (χ0) is 17.3. The van der Waals surface area contributed by atoms with Crippen molar-refractivity contribution in [2.45, 2.75) is 0 Å². The number of hydrogen-bond acceptors (Lipinski definition) is 2. The Morgan fingerprint density at radius 2 is 1.04 bits per heavy atom. The Bertz CT molecular complexity index is 863. The lowest BCUT2D eigenvalue weighted by Crippen LogP contribution is -2.31. The molecule has 0 radical (unpaired) electrons. The third-order valence-electron chi connectivity index (χ3n) is 3.53. The minimum Gasteiger partial charge on any atom is -0.308 e. The average Bonchev–Trinajstić information content (AvgIpc) is 2.61. The van der Waals surface area contributed by atoms with Crippen LogP contribution < -0.4 is 15.9 Å². The van der Waals surface area contributed by atoms with E-state index in [4.69, 9.17) is 0 Å². The molecule has 0 aliphatic heterocycles. The van der Waals surface area contributed by atoms with Crippen LogP contribution in [0.25, 0.3) is 0 Å². The van der Waals surface area contributed by atoms with E-state index < -0.39 is 36.0 Å². The summed E-state index contributed by atoms with van der Waals surface area (Å²) in [6.07, 6.45) is 0. The van der Waals surface area contributed by atoms with Crippen LogP contribution in [0.15, 0.2) is 60.7 Å². The number of hydrogen-bond donors (Lipinski definition) is 0. The van der Waals surface area contributed by atoms with Gasteiger partial charge in [-0.05, 0) is 0 Å². The Morgan fingerprint density at radius 1 is 0.667 bits per heavy atom. The van der Waals surface area contributed by atoms with Gasteiger partial charge >= 0.3 is 0 Å². The van der Waals surface area contributed by atoms with Crippen molar-refractivity contribution < 1.29 is 22.1 Å². The Morgan fingerprint density at radius 3 is 1.42 bits per heavy atom. The van der Waals surface area contributed by atoms with Crippen LogP contribution in [-0.4, -0.2) is 4.98 Å². The van der Waals surface area contributed by atoms with E-state index in [-0.39, 0.29) is 10.6 Å². The summed E-state index contributed by atoms with van der Waals surface area (Å²) in [6, 6.07) is 14.9. The highest BCUT2D eigenvalue weighted by Gasteiger charge is 2.38. The summed E-state index contributed by atoms with van der Waals surface area (Å²) in [5.41, 5.74) is 0. The van der Waals surface area contributed by atoms with Crippen molar-refractivity contribution >= 4 is 23.1 Å². The smallest absolute Gasteiger partial charge is 0.252 e. The highest BCUT2D eigenvalue weighted by molar-refractivity contribution is 7.85. The van der Waals surface area contributed by atoms with Crippen molar-refractivity contribution in [2.24, 2.45) is 0 Å². The second kappa shape index (κ2) is 6.21. The molecule has 0 amide bonds. The van der Waals surface area contributed by atoms with Crippen molar-refractivity contribution in [1.82, 2.24) is 4.98 Å². The summed E-state index contributed by atoms with van der Waals surface area (Å²) >= 11 is 0. The van der Waals surface area contributed by atoms with E-state index in [9.17, 15) is 22.1 Å². The predicted octanol–water partition coefficient (Wildman–Crippen LogP) is 3.28. The summed E-state index contributed by atoms with van der Waals surface area (Å²) < 4.78 is 69.4. The van der Waals surface area contributed by atoms with Gasteiger partial charge in [0.1, 0.15) is 5.30 Å². The molecule has 3 aromatic rings. The van der Waals surface area contributed by atoms with Crippen LogP contribution in [-0.2, 0) is 4.57 Å². The summed E-state index contributed by atoms with van der Waals surface area (Å²) in [5, 5.41) is -1.04. The molecule has 1 heterocycles. The molecule has 0 unspecified atom stereocenters. The zero-order valence-electron chi connectivity index (χ0n) is 12.1. The van der Waals surface area contributed by atoms with E-state index in [0.717, 1.165) is 0 Å². The molecule has 0 fully saturated rings. The monoisotopic (exact) mass is 351 g/mol.